The van der Waals surface area contributed by atoms with Crippen molar-refractivity contribution in [2.24, 2.45) is 7.05 Å². The molecule has 130 valence electrons. The number of amides is 1. The van der Waals surface area contributed by atoms with Crippen LogP contribution in [-0.4, -0.2) is 45.8 Å². The summed E-state index contributed by atoms with van der Waals surface area (Å²) in [5, 5.41) is 5.15. The van der Waals surface area contributed by atoms with Crippen molar-refractivity contribution in [3.8, 4) is 5.75 Å². The monoisotopic (exact) mass is 342 g/mol. The molecule has 0 aliphatic carbocycles. The van der Waals surface area contributed by atoms with Gasteiger partial charge in [0.1, 0.15) is 6.61 Å². The topological polar surface area (TPSA) is 60.2 Å². The third kappa shape index (κ3) is 3.45. The minimum atomic E-state index is -0.418. The third-order valence-electron chi connectivity index (χ3n) is 3.98. The van der Waals surface area contributed by atoms with Crippen LogP contribution < -0.4 is 4.74 Å². The molecule has 2 aromatic heterocycles. The van der Waals surface area contributed by atoms with Crippen LogP contribution in [0.5, 0.6) is 5.75 Å². The minimum Gasteiger partial charge on any atom is -0.489 e. The summed E-state index contributed by atoms with van der Waals surface area (Å²) >= 11 is 0. The molecule has 0 spiro atoms. The summed E-state index contributed by atoms with van der Waals surface area (Å²) < 4.78 is 20.6. The highest BCUT2D eigenvalue weighted by atomic mass is 19.1. The van der Waals surface area contributed by atoms with Gasteiger partial charge in [0.2, 0.25) is 0 Å². The molecular weight excluding hydrogens is 323 g/mol. The Bertz CT molecular complexity index is 923. The second-order valence-corrected chi connectivity index (χ2v) is 5.81. The molecule has 3 rings (SSSR count). The van der Waals surface area contributed by atoms with Crippen molar-refractivity contribution in [3.63, 3.8) is 0 Å². The van der Waals surface area contributed by atoms with E-state index in [2.05, 4.69) is 10.1 Å². The van der Waals surface area contributed by atoms with Crippen molar-refractivity contribution in [1.82, 2.24) is 19.7 Å². The number of rotatable bonds is 5. The van der Waals surface area contributed by atoms with Gasteiger partial charge in [0.05, 0.1) is 17.8 Å². The molecule has 0 aliphatic rings. The van der Waals surface area contributed by atoms with Crippen molar-refractivity contribution in [3.05, 3.63) is 53.6 Å². The fourth-order valence-electron chi connectivity index (χ4n) is 2.60. The molecule has 0 saturated heterocycles. The Morgan fingerprint density at radius 2 is 2.12 bits per heavy atom. The smallest absolute Gasteiger partial charge is 0.255 e. The average molecular weight is 342 g/mol. The van der Waals surface area contributed by atoms with Gasteiger partial charge in [0.25, 0.3) is 5.91 Å². The molecule has 2 heterocycles. The number of hydrogen-bond donors (Lipinski definition) is 0. The number of hydrogen-bond acceptors (Lipinski definition) is 4. The number of pyridine rings is 1. The molecular formula is C18H19FN4O2. The first-order valence-electron chi connectivity index (χ1n) is 7.89. The molecule has 7 heteroatoms. The van der Waals surface area contributed by atoms with Crippen LogP contribution in [0.4, 0.5) is 4.39 Å². The van der Waals surface area contributed by atoms with Crippen molar-refractivity contribution in [2.75, 3.05) is 20.2 Å². The van der Waals surface area contributed by atoms with E-state index in [4.69, 9.17) is 4.74 Å². The quantitative estimate of drug-likeness (QED) is 0.715. The van der Waals surface area contributed by atoms with Crippen molar-refractivity contribution in [2.45, 2.75) is 6.92 Å². The molecule has 0 saturated carbocycles. The zero-order chi connectivity index (χ0) is 18.0. The molecule has 0 unspecified atom stereocenters. The van der Waals surface area contributed by atoms with Crippen LogP contribution in [0.2, 0.25) is 0 Å². The fraction of sp³-hybridized carbons (Fsp3) is 0.278. The lowest BCUT2D eigenvalue weighted by molar-refractivity contribution is 0.0772. The average Bonchev–Trinajstić information content (AvgIpc) is 2.89. The van der Waals surface area contributed by atoms with E-state index in [1.54, 1.807) is 42.2 Å². The first kappa shape index (κ1) is 16.9. The Morgan fingerprint density at radius 1 is 1.36 bits per heavy atom. The number of ether oxygens (including phenoxy) is 1. The van der Waals surface area contributed by atoms with Gasteiger partial charge in [-0.05, 0) is 25.1 Å². The van der Waals surface area contributed by atoms with Crippen LogP contribution in [0.1, 0.15) is 16.1 Å². The zero-order valence-electron chi connectivity index (χ0n) is 14.4. The molecule has 25 heavy (non-hydrogen) atoms. The fourth-order valence-corrected chi connectivity index (χ4v) is 2.60. The third-order valence-corrected chi connectivity index (χ3v) is 3.98. The molecule has 6 nitrogen and oxygen atoms in total. The van der Waals surface area contributed by atoms with Crippen molar-refractivity contribution < 1.29 is 13.9 Å². The SMILES string of the molecule is Cc1nn(C)c2ncc(C(=O)N(C)CCOc3ccccc3F)cc12. The normalized spacial score (nSPS) is 10.9. The first-order chi connectivity index (χ1) is 12.0. The number of halogens is 1. The second-order valence-electron chi connectivity index (χ2n) is 5.81. The molecule has 0 atom stereocenters. The molecule has 0 bridgehead atoms. The number of aryl methyl sites for hydroxylation is 2. The van der Waals surface area contributed by atoms with Crippen LogP contribution in [0.15, 0.2) is 36.5 Å². The van der Waals surface area contributed by atoms with E-state index in [9.17, 15) is 9.18 Å². The number of nitrogens with zero attached hydrogens (tertiary/aromatic N) is 4. The lowest BCUT2D eigenvalue weighted by Crippen LogP contribution is -2.31. The van der Waals surface area contributed by atoms with Crippen LogP contribution in [0.25, 0.3) is 11.0 Å². The van der Waals surface area contributed by atoms with Gasteiger partial charge in [-0.25, -0.2) is 9.37 Å². The number of carbonyl (C=O) groups excluding carboxylic acids is 1. The largest absolute Gasteiger partial charge is 0.489 e. The van der Waals surface area contributed by atoms with E-state index < -0.39 is 5.82 Å². The van der Waals surface area contributed by atoms with Gasteiger partial charge in [0, 0.05) is 25.7 Å². The van der Waals surface area contributed by atoms with Gasteiger partial charge >= 0.3 is 0 Å². The summed E-state index contributed by atoms with van der Waals surface area (Å²) in [5.41, 5.74) is 2.04. The highest BCUT2D eigenvalue weighted by molar-refractivity contribution is 5.97. The summed E-state index contributed by atoms with van der Waals surface area (Å²) in [6.45, 7) is 2.41. The minimum absolute atomic E-state index is 0.171. The maximum absolute atomic E-state index is 13.5. The number of carbonyl (C=O) groups is 1. The zero-order valence-corrected chi connectivity index (χ0v) is 14.4. The number of fused-ring (bicyclic) bond motifs is 1. The Kier molecular flexibility index (Phi) is 4.65. The second kappa shape index (κ2) is 6.88. The van der Waals surface area contributed by atoms with Crippen molar-refractivity contribution >= 4 is 16.9 Å². The molecule has 3 aromatic rings. The number of likely N-dealkylation sites (N-methyl/N-ethyl adjacent to an activating group) is 1. The van der Waals surface area contributed by atoms with Crippen LogP contribution in [-0.2, 0) is 7.05 Å². The lowest BCUT2D eigenvalue weighted by Gasteiger charge is -2.17. The van der Waals surface area contributed by atoms with Gasteiger partial charge in [-0.2, -0.15) is 5.10 Å². The molecule has 1 aromatic carbocycles. The predicted molar refractivity (Wildman–Crippen MR) is 92.1 cm³/mol. The molecule has 0 N–H and O–H groups in total. The van der Waals surface area contributed by atoms with E-state index in [0.717, 1.165) is 16.7 Å². The van der Waals surface area contributed by atoms with E-state index in [-0.39, 0.29) is 18.3 Å². The van der Waals surface area contributed by atoms with Crippen LogP contribution in [0.3, 0.4) is 0 Å². The summed E-state index contributed by atoms with van der Waals surface area (Å²) in [5.74, 6) is -0.412. The molecule has 0 aliphatic heterocycles. The van der Waals surface area contributed by atoms with Gasteiger partial charge < -0.3 is 9.64 Å². The van der Waals surface area contributed by atoms with Crippen LogP contribution in [0, 0.1) is 12.7 Å². The summed E-state index contributed by atoms with van der Waals surface area (Å²) in [4.78, 5) is 18.4. The van der Waals surface area contributed by atoms with E-state index in [1.165, 1.54) is 11.0 Å². The van der Waals surface area contributed by atoms with E-state index in [0.29, 0.717) is 12.1 Å². The van der Waals surface area contributed by atoms with Gasteiger partial charge in [0.15, 0.2) is 17.2 Å². The Hall–Kier alpha value is -2.96. The Balaban J connectivity index is 1.66. The molecule has 0 radical (unpaired) electrons. The van der Waals surface area contributed by atoms with Crippen molar-refractivity contribution in [1.29, 1.82) is 0 Å². The van der Waals surface area contributed by atoms with E-state index in [1.807, 2.05) is 14.0 Å². The van der Waals surface area contributed by atoms with Gasteiger partial charge in [-0.1, -0.05) is 12.1 Å². The van der Waals surface area contributed by atoms with Gasteiger partial charge in [-0.3, -0.25) is 9.48 Å². The predicted octanol–water partition coefficient (Wildman–Crippen LogP) is 2.57. The summed E-state index contributed by atoms with van der Waals surface area (Å²) in [6, 6.07) is 7.98. The number of para-hydroxylation sites is 1. The Morgan fingerprint density at radius 3 is 2.88 bits per heavy atom. The highest BCUT2D eigenvalue weighted by Gasteiger charge is 2.15. The maximum atomic E-state index is 13.5. The molecule has 1 amide bonds. The van der Waals surface area contributed by atoms with Crippen LogP contribution >= 0.6 is 0 Å². The summed E-state index contributed by atoms with van der Waals surface area (Å²) in [7, 11) is 3.49. The van der Waals surface area contributed by atoms with E-state index >= 15 is 0 Å². The maximum Gasteiger partial charge on any atom is 0.255 e. The number of benzene rings is 1. The standard InChI is InChI=1S/C18H19FN4O2/c1-12-14-10-13(11-20-17(14)23(3)21-12)18(24)22(2)8-9-25-16-7-5-4-6-15(16)19/h4-7,10-11H,8-9H2,1-3H3. The highest BCUT2D eigenvalue weighted by Crippen LogP contribution is 2.18. The number of aromatic nitrogens is 3. The first-order valence-corrected chi connectivity index (χ1v) is 7.89. The summed E-state index contributed by atoms with van der Waals surface area (Å²) in [6.07, 6.45) is 1.54. The lowest BCUT2D eigenvalue weighted by atomic mass is 10.2. The Labute approximate surface area is 144 Å². The van der Waals surface area contributed by atoms with Gasteiger partial charge in [-0.15, -0.1) is 0 Å². The molecule has 0 fully saturated rings.